The number of para-hydroxylation sites is 1. The highest BCUT2D eigenvalue weighted by Gasteiger charge is 2.34. The number of piperidine rings is 1. The highest BCUT2D eigenvalue weighted by molar-refractivity contribution is 6.34. The number of carbonyl (C=O) groups is 1. The van der Waals surface area contributed by atoms with E-state index in [1.807, 2.05) is 18.2 Å². The van der Waals surface area contributed by atoms with Crippen molar-refractivity contribution in [2.24, 2.45) is 0 Å². The normalized spacial score (nSPS) is 18.1. The van der Waals surface area contributed by atoms with Gasteiger partial charge >= 0.3 is 0 Å². The van der Waals surface area contributed by atoms with Gasteiger partial charge < -0.3 is 10.2 Å². The first-order valence-corrected chi connectivity index (χ1v) is 9.49. The van der Waals surface area contributed by atoms with Crippen molar-refractivity contribution in [2.75, 3.05) is 29.9 Å². The summed E-state index contributed by atoms with van der Waals surface area (Å²) in [5.74, 6) is -0.695. The molecule has 0 bridgehead atoms. The maximum atomic E-state index is 14.2. The maximum absolute atomic E-state index is 14.2. The third-order valence-corrected chi connectivity index (χ3v) is 5.52. The van der Waals surface area contributed by atoms with Crippen molar-refractivity contribution in [1.82, 2.24) is 4.90 Å². The Kier molecular flexibility index (Phi) is 4.70. The second kappa shape index (κ2) is 7.16. The third-order valence-electron chi connectivity index (χ3n) is 5.52. The zero-order valence-corrected chi connectivity index (χ0v) is 15.5. The average molecular weight is 365 g/mol. The number of fused-ring (bicyclic) bond motifs is 1. The van der Waals surface area contributed by atoms with Crippen molar-refractivity contribution < 1.29 is 9.18 Å². The van der Waals surface area contributed by atoms with Crippen molar-refractivity contribution >= 4 is 28.5 Å². The largest absolute Gasteiger partial charge is 0.382 e. The number of benzene rings is 2. The fraction of sp³-hybridized carbons (Fsp3) is 0.318. The monoisotopic (exact) mass is 365 g/mol. The molecule has 0 radical (unpaired) electrons. The molecule has 5 heteroatoms. The summed E-state index contributed by atoms with van der Waals surface area (Å²) in [4.78, 5) is 16.6. The number of halogens is 1. The SMILES string of the molecule is C=C1C(=O)N(c2ccccc2F)c2ccc(NC3CCN(CC)CC3)cc21. The predicted octanol–water partition coefficient (Wildman–Crippen LogP) is 4.41. The van der Waals surface area contributed by atoms with Crippen LogP contribution in [0.4, 0.5) is 21.5 Å². The van der Waals surface area contributed by atoms with Gasteiger partial charge in [-0.25, -0.2) is 4.39 Å². The first-order chi connectivity index (χ1) is 13.1. The van der Waals surface area contributed by atoms with Crippen LogP contribution in [0.5, 0.6) is 0 Å². The van der Waals surface area contributed by atoms with Crippen LogP contribution >= 0.6 is 0 Å². The van der Waals surface area contributed by atoms with Gasteiger partial charge in [-0.15, -0.1) is 0 Å². The van der Waals surface area contributed by atoms with E-state index in [4.69, 9.17) is 0 Å². The van der Waals surface area contributed by atoms with E-state index in [-0.39, 0.29) is 11.6 Å². The Morgan fingerprint density at radius 1 is 1.15 bits per heavy atom. The molecule has 1 saturated heterocycles. The molecule has 0 atom stereocenters. The highest BCUT2D eigenvalue weighted by Crippen LogP contribution is 2.42. The van der Waals surface area contributed by atoms with Crippen molar-refractivity contribution in [1.29, 1.82) is 0 Å². The zero-order valence-electron chi connectivity index (χ0n) is 15.5. The third kappa shape index (κ3) is 3.23. The Labute approximate surface area is 159 Å². The molecule has 0 saturated carbocycles. The number of rotatable bonds is 4. The van der Waals surface area contributed by atoms with Crippen molar-refractivity contribution in [3.63, 3.8) is 0 Å². The Bertz CT molecular complexity index is 887. The Morgan fingerprint density at radius 2 is 1.89 bits per heavy atom. The predicted molar refractivity (Wildman–Crippen MR) is 108 cm³/mol. The van der Waals surface area contributed by atoms with Gasteiger partial charge in [0.2, 0.25) is 0 Å². The number of hydrogen-bond donors (Lipinski definition) is 1. The van der Waals surface area contributed by atoms with E-state index in [9.17, 15) is 9.18 Å². The molecular weight excluding hydrogens is 341 g/mol. The van der Waals surface area contributed by atoms with E-state index in [1.165, 1.54) is 11.0 Å². The maximum Gasteiger partial charge on any atom is 0.263 e. The van der Waals surface area contributed by atoms with E-state index in [2.05, 4.69) is 23.7 Å². The van der Waals surface area contributed by atoms with Gasteiger partial charge in [-0.3, -0.25) is 9.69 Å². The average Bonchev–Trinajstić information content (AvgIpc) is 2.93. The van der Waals surface area contributed by atoms with Gasteiger partial charge in [0.05, 0.1) is 11.4 Å². The summed E-state index contributed by atoms with van der Waals surface area (Å²) >= 11 is 0. The van der Waals surface area contributed by atoms with Crippen molar-refractivity contribution in [3.05, 3.63) is 60.4 Å². The quantitative estimate of drug-likeness (QED) is 0.815. The molecule has 0 aromatic heterocycles. The summed E-state index contributed by atoms with van der Waals surface area (Å²) in [5, 5.41) is 3.58. The van der Waals surface area contributed by atoms with Gasteiger partial charge in [0.1, 0.15) is 5.82 Å². The Hall–Kier alpha value is -2.66. The molecule has 1 N–H and O–H groups in total. The molecular formula is C22H24FN3O. The molecule has 0 aliphatic carbocycles. The van der Waals surface area contributed by atoms with Crippen LogP contribution in [0.3, 0.4) is 0 Å². The first-order valence-electron chi connectivity index (χ1n) is 9.49. The van der Waals surface area contributed by atoms with Gasteiger partial charge in [-0.1, -0.05) is 25.6 Å². The molecule has 27 heavy (non-hydrogen) atoms. The zero-order chi connectivity index (χ0) is 19.0. The van der Waals surface area contributed by atoms with Gasteiger partial charge in [0.25, 0.3) is 5.91 Å². The number of carbonyl (C=O) groups excluding carboxylic acids is 1. The number of likely N-dealkylation sites (tertiary alicyclic amines) is 1. The summed E-state index contributed by atoms with van der Waals surface area (Å²) in [6.45, 7) is 9.44. The summed E-state index contributed by atoms with van der Waals surface area (Å²) < 4.78 is 14.2. The van der Waals surface area contributed by atoms with Crippen molar-refractivity contribution in [2.45, 2.75) is 25.8 Å². The second-order valence-corrected chi connectivity index (χ2v) is 7.16. The molecule has 2 aliphatic rings. The molecule has 1 fully saturated rings. The van der Waals surface area contributed by atoms with Gasteiger partial charge in [0.15, 0.2) is 0 Å². The number of anilines is 3. The van der Waals surface area contributed by atoms with Crippen LogP contribution in [-0.4, -0.2) is 36.5 Å². The van der Waals surface area contributed by atoms with Crippen LogP contribution < -0.4 is 10.2 Å². The van der Waals surface area contributed by atoms with Crippen LogP contribution in [0.25, 0.3) is 5.57 Å². The summed E-state index contributed by atoms with van der Waals surface area (Å²) in [6, 6.07) is 12.6. The van der Waals surface area contributed by atoms with Gasteiger partial charge in [-0.05, 0) is 49.7 Å². The molecule has 2 aliphatic heterocycles. The van der Waals surface area contributed by atoms with E-state index in [0.717, 1.165) is 43.7 Å². The topological polar surface area (TPSA) is 35.6 Å². The lowest BCUT2D eigenvalue weighted by Crippen LogP contribution is -2.38. The number of amides is 1. The summed E-state index contributed by atoms with van der Waals surface area (Å²) in [6.07, 6.45) is 2.21. The first kappa shape index (κ1) is 17.7. The van der Waals surface area contributed by atoms with Crippen molar-refractivity contribution in [3.8, 4) is 0 Å². The minimum atomic E-state index is -0.420. The molecule has 140 valence electrons. The fourth-order valence-corrected chi connectivity index (χ4v) is 3.92. The minimum Gasteiger partial charge on any atom is -0.382 e. The number of nitrogens with one attached hydrogen (secondary N) is 1. The molecule has 2 aromatic carbocycles. The van der Waals surface area contributed by atoms with Crippen LogP contribution in [0, 0.1) is 5.82 Å². The molecule has 0 spiro atoms. The summed E-state index contributed by atoms with van der Waals surface area (Å²) in [5.41, 5.74) is 3.08. The van der Waals surface area contributed by atoms with Crippen LogP contribution in [-0.2, 0) is 4.79 Å². The lowest BCUT2D eigenvalue weighted by atomic mass is 10.0. The van der Waals surface area contributed by atoms with Gasteiger partial charge in [0, 0.05) is 36.0 Å². The molecule has 1 amide bonds. The molecule has 2 heterocycles. The van der Waals surface area contributed by atoms with E-state index in [1.54, 1.807) is 18.2 Å². The lowest BCUT2D eigenvalue weighted by molar-refractivity contribution is -0.112. The summed E-state index contributed by atoms with van der Waals surface area (Å²) in [7, 11) is 0. The van der Waals surface area contributed by atoms with Crippen LogP contribution in [0.15, 0.2) is 49.0 Å². The molecule has 4 nitrogen and oxygen atoms in total. The molecule has 0 unspecified atom stereocenters. The second-order valence-electron chi connectivity index (χ2n) is 7.16. The lowest BCUT2D eigenvalue weighted by Gasteiger charge is -2.32. The number of hydrogen-bond acceptors (Lipinski definition) is 3. The Morgan fingerprint density at radius 3 is 2.59 bits per heavy atom. The molecule has 2 aromatic rings. The van der Waals surface area contributed by atoms with E-state index < -0.39 is 5.82 Å². The standard InChI is InChI=1S/C22H24FN3O/c1-3-25-12-10-16(11-13-25)24-17-8-9-20-18(14-17)15(2)22(27)26(20)21-7-5-4-6-19(21)23/h4-9,14,16,24H,2-3,10-13H2,1H3. The van der Waals surface area contributed by atoms with E-state index in [0.29, 0.717) is 17.3 Å². The number of nitrogens with zero attached hydrogens (tertiary/aromatic N) is 2. The van der Waals surface area contributed by atoms with Gasteiger partial charge in [-0.2, -0.15) is 0 Å². The Balaban J connectivity index is 1.58. The van der Waals surface area contributed by atoms with Crippen LogP contribution in [0.1, 0.15) is 25.3 Å². The van der Waals surface area contributed by atoms with E-state index >= 15 is 0 Å². The smallest absolute Gasteiger partial charge is 0.263 e. The van der Waals surface area contributed by atoms with Crippen LogP contribution in [0.2, 0.25) is 0 Å². The fourth-order valence-electron chi connectivity index (χ4n) is 3.92. The highest BCUT2D eigenvalue weighted by atomic mass is 19.1. The molecule has 4 rings (SSSR count). The minimum absolute atomic E-state index is 0.259.